The van der Waals surface area contributed by atoms with Crippen LogP contribution in [0.25, 0.3) is 0 Å². The number of hydrogen-bond donors (Lipinski definition) is 2. The quantitative estimate of drug-likeness (QED) is 0.769. The van der Waals surface area contributed by atoms with E-state index in [1.807, 2.05) is 25.1 Å². The molecule has 0 amide bonds. The Hall–Kier alpha value is -1.18. The van der Waals surface area contributed by atoms with Crippen molar-refractivity contribution in [1.29, 1.82) is 0 Å². The third-order valence-corrected chi connectivity index (χ3v) is 2.77. The predicted octanol–water partition coefficient (Wildman–Crippen LogP) is 4.20. The van der Waals surface area contributed by atoms with Crippen molar-refractivity contribution in [3.8, 4) is 0 Å². The zero-order valence-electron chi connectivity index (χ0n) is 12.0. The summed E-state index contributed by atoms with van der Waals surface area (Å²) >= 11 is 0. The van der Waals surface area contributed by atoms with E-state index in [0.29, 0.717) is 5.41 Å². The van der Waals surface area contributed by atoms with Crippen LogP contribution in [0.1, 0.15) is 46.6 Å². The predicted molar refractivity (Wildman–Crippen MR) is 77.4 cm³/mol. The summed E-state index contributed by atoms with van der Waals surface area (Å²) in [6.45, 7) is 13.3. The lowest BCUT2D eigenvalue weighted by molar-refractivity contribution is 0.302. The van der Waals surface area contributed by atoms with E-state index >= 15 is 0 Å². The van der Waals surface area contributed by atoms with Crippen LogP contribution in [0.3, 0.4) is 0 Å². The van der Waals surface area contributed by atoms with Crippen molar-refractivity contribution in [2.24, 2.45) is 5.41 Å². The zero-order valence-corrected chi connectivity index (χ0v) is 12.0. The van der Waals surface area contributed by atoms with Gasteiger partial charge in [-0.1, -0.05) is 32.9 Å². The normalized spacial score (nSPS) is 12.6. The van der Waals surface area contributed by atoms with Crippen molar-refractivity contribution >= 4 is 11.4 Å². The number of benzene rings is 1. The average molecular weight is 234 g/mol. The summed E-state index contributed by atoms with van der Waals surface area (Å²) in [5, 5.41) is 3.56. The number of nitrogens with two attached hydrogens (primary N) is 1. The first-order valence-electron chi connectivity index (χ1n) is 6.24. The Bertz CT molecular complexity index is 386. The van der Waals surface area contributed by atoms with Crippen LogP contribution >= 0.6 is 0 Å². The third kappa shape index (κ3) is 4.29. The molecular formula is C15H26N2. The second kappa shape index (κ2) is 4.59. The fourth-order valence-electron chi connectivity index (χ4n) is 2.52. The van der Waals surface area contributed by atoms with Crippen LogP contribution < -0.4 is 11.1 Å². The first kappa shape index (κ1) is 13.9. The molecule has 17 heavy (non-hydrogen) atoms. The Kier molecular flexibility index (Phi) is 3.75. The number of hydrogen-bond acceptors (Lipinski definition) is 2. The molecule has 2 heteroatoms. The van der Waals surface area contributed by atoms with Crippen molar-refractivity contribution in [3.63, 3.8) is 0 Å². The van der Waals surface area contributed by atoms with E-state index < -0.39 is 0 Å². The molecule has 0 heterocycles. The van der Waals surface area contributed by atoms with Gasteiger partial charge < -0.3 is 11.1 Å². The Balaban J connectivity index is 2.87. The smallest absolute Gasteiger partial charge is 0.0580 e. The number of para-hydroxylation sites is 1. The van der Waals surface area contributed by atoms with Gasteiger partial charge in [0.25, 0.3) is 0 Å². The fraction of sp³-hybridized carbons (Fsp3) is 0.600. The molecule has 0 unspecified atom stereocenters. The van der Waals surface area contributed by atoms with E-state index in [0.717, 1.165) is 23.4 Å². The van der Waals surface area contributed by atoms with Gasteiger partial charge in [0.15, 0.2) is 0 Å². The summed E-state index contributed by atoms with van der Waals surface area (Å²) in [6, 6.07) is 6.13. The number of nitrogens with one attached hydrogen (secondary N) is 1. The molecule has 0 atom stereocenters. The molecule has 2 nitrogen and oxygen atoms in total. The first-order chi connectivity index (χ1) is 7.61. The monoisotopic (exact) mass is 234 g/mol. The van der Waals surface area contributed by atoms with Gasteiger partial charge in [0, 0.05) is 5.54 Å². The Morgan fingerprint density at radius 3 is 2.24 bits per heavy atom. The molecule has 96 valence electrons. The topological polar surface area (TPSA) is 38.0 Å². The summed E-state index contributed by atoms with van der Waals surface area (Å²) in [5.41, 5.74) is 9.46. The van der Waals surface area contributed by atoms with Crippen LogP contribution in [0.4, 0.5) is 11.4 Å². The molecule has 0 aliphatic carbocycles. The number of aryl methyl sites for hydroxylation is 1. The average Bonchev–Trinajstić information content (AvgIpc) is 2.08. The molecule has 0 radical (unpaired) electrons. The van der Waals surface area contributed by atoms with Crippen molar-refractivity contribution in [3.05, 3.63) is 23.8 Å². The van der Waals surface area contributed by atoms with Crippen molar-refractivity contribution in [2.75, 3.05) is 11.1 Å². The molecule has 0 aliphatic heterocycles. The molecule has 0 aliphatic rings. The van der Waals surface area contributed by atoms with Crippen LogP contribution in [-0.4, -0.2) is 5.54 Å². The van der Waals surface area contributed by atoms with Gasteiger partial charge in [-0.25, -0.2) is 0 Å². The van der Waals surface area contributed by atoms with Crippen molar-refractivity contribution < 1.29 is 0 Å². The van der Waals surface area contributed by atoms with Crippen LogP contribution in [-0.2, 0) is 0 Å². The SMILES string of the molecule is Cc1cccc(NC(C)(C)CC(C)(C)C)c1N. The lowest BCUT2D eigenvalue weighted by Gasteiger charge is -2.34. The summed E-state index contributed by atoms with van der Waals surface area (Å²) in [5.74, 6) is 0. The largest absolute Gasteiger partial charge is 0.397 e. The maximum absolute atomic E-state index is 6.09. The molecule has 0 saturated carbocycles. The van der Waals surface area contributed by atoms with Gasteiger partial charge in [0.2, 0.25) is 0 Å². The van der Waals surface area contributed by atoms with Gasteiger partial charge in [-0.2, -0.15) is 0 Å². The van der Waals surface area contributed by atoms with Gasteiger partial charge in [-0.05, 0) is 44.2 Å². The van der Waals surface area contributed by atoms with Crippen molar-refractivity contribution in [2.45, 2.75) is 53.5 Å². The van der Waals surface area contributed by atoms with Crippen molar-refractivity contribution in [1.82, 2.24) is 0 Å². The maximum Gasteiger partial charge on any atom is 0.0580 e. The molecule has 0 bridgehead atoms. The fourth-order valence-corrected chi connectivity index (χ4v) is 2.52. The third-order valence-electron chi connectivity index (χ3n) is 2.77. The van der Waals surface area contributed by atoms with E-state index in [1.165, 1.54) is 0 Å². The molecule has 0 aromatic heterocycles. The van der Waals surface area contributed by atoms with Gasteiger partial charge in [-0.3, -0.25) is 0 Å². The highest BCUT2D eigenvalue weighted by Gasteiger charge is 2.25. The van der Waals surface area contributed by atoms with E-state index in [4.69, 9.17) is 5.73 Å². The standard InChI is InChI=1S/C15H26N2/c1-11-8-7-9-12(13(11)16)17-15(5,6)10-14(2,3)4/h7-9,17H,10,16H2,1-6H3. The molecule has 3 N–H and O–H groups in total. The molecule has 1 rings (SSSR count). The minimum absolute atomic E-state index is 0.0418. The molecule has 1 aromatic rings. The summed E-state index contributed by atoms with van der Waals surface area (Å²) in [7, 11) is 0. The number of nitrogen functional groups attached to an aromatic ring is 1. The Morgan fingerprint density at radius 2 is 1.71 bits per heavy atom. The molecule has 0 spiro atoms. The lowest BCUT2D eigenvalue weighted by Crippen LogP contribution is -2.35. The zero-order chi connectivity index (χ0) is 13.3. The molecular weight excluding hydrogens is 208 g/mol. The van der Waals surface area contributed by atoms with Crippen LogP contribution in [0.2, 0.25) is 0 Å². The first-order valence-corrected chi connectivity index (χ1v) is 6.24. The maximum atomic E-state index is 6.09. The van der Waals surface area contributed by atoms with E-state index in [1.54, 1.807) is 0 Å². The number of rotatable bonds is 3. The highest BCUT2D eigenvalue weighted by atomic mass is 15.0. The highest BCUT2D eigenvalue weighted by molar-refractivity contribution is 5.70. The van der Waals surface area contributed by atoms with Gasteiger partial charge in [0.05, 0.1) is 11.4 Å². The Labute approximate surface area is 106 Å². The van der Waals surface area contributed by atoms with Crippen LogP contribution in [0, 0.1) is 12.3 Å². The van der Waals surface area contributed by atoms with E-state index in [-0.39, 0.29) is 5.54 Å². The summed E-state index contributed by atoms with van der Waals surface area (Å²) < 4.78 is 0. The van der Waals surface area contributed by atoms with Gasteiger partial charge in [-0.15, -0.1) is 0 Å². The Morgan fingerprint density at radius 1 is 1.12 bits per heavy atom. The number of anilines is 2. The second-order valence-corrected chi connectivity index (χ2v) is 6.78. The highest BCUT2D eigenvalue weighted by Crippen LogP contribution is 2.32. The molecule has 1 aromatic carbocycles. The van der Waals surface area contributed by atoms with Crippen LogP contribution in [0.15, 0.2) is 18.2 Å². The van der Waals surface area contributed by atoms with Gasteiger partial charge >= 0.3 is 0 Å². The molecule has 0 saturated heterocycles. The van der Waals surface area contributed by atoms with Crippen LogP contribution in [0.5, 0.6) is 0 Å². The lowest BCUT2D eigenvalue weighted by atomic mass is 9.81. The van der Waals surface area contributed by atoms with E-state index in [9.17, 15) is 0 Å². The second-order valence-electron chi connectivity index (χ2n) is 6.78. The van der Waals surface area contributed by atoms with E-state index in [2.05, 4.69) is 39.9 Å². The molecule has 0 fully saturated rings. The summed E-state index contributed by atoms with van der Waals surface area (Å²) in [6.07, 6.45) is 1.09. The summed E-state index contributed by atoms with van der Waals surface area (Å²) in [4.78, 5) is 0. The minimum atomic E-state index is 0.0418. The minimum Gasteiger partial charge on any atom is -0.397 e. The van der Waals surface area contributed by atoms with Gasteiger partial charge in [0.1, 0.15) is 0 Å².